The molecular formula is C18H18NNaO5S. The summed E-state index contributed by atoms with van der Waals surface area (Å²) >= 11 is 0. The molecule has 1 amide bonds. The fourth-order valence-corrected chi connectivity index (χ4v) is 3.59. The number of ether oxygens (including phenoxy) is 1. The van der Waals surface area contributed by atoms with Crippen LogP contribution < -0.4 is 34.9 Å². The Hall–Kier alpha value is -1.38. The number of carbonyl (C=O) groups excluding carboxylic acids is 1. The second kappa shape index (κ2) is 9.01. The van der Waals surface area contributed by atoms with Crippen LogP contribution in [0, 0.1) is 0 Å². The molecule has 0 unspecified atom stereocenters. The number of alkyl carbamates (subject to hydrolysis) is 1. The Morgan fingerprint density at radius 3 is 2.12 bits per heavy atom. The van der Waals surface area contributed by atoms with E-state index in [0.29, 0.717) is 0 Å². The number of hydrogen-bond donors (Lipinski definition) is 1. The SMILES string of the molecule is O=C(NCCCS(=O)(=O)[O-])OCC1c2ccccc2-c2ccccc21.[Na+]. The largest absolute Gasteiger partial charge is 1.00 e. The zero-order valence-electron chi connectivity index (χ0n) is 14.5. The molecule has 1 aliphatic carbocycles. The van der Waals surface area contributed by atoms with Crippen LogP contribution in [0.15, 0.2) is 48.5 Å². The van der Waals surface area contributed by atoms with Crippen molar-refractivity contribution in [2.75, 3.05) is 18.9 Å². The van der Waals surface area contributed by atoms with Gasteiger partial charge in [0.15, 0.2) is 0 Å². The number of carbonyl (C=O) groups is 1. The third kappa shape index (κ3) is 5.08. The zero-order chi connectivity index (χ0) is 17.9. The number of hydrogen-bond acceptors (Lipinski definition) is 5. The van der Waals surface area contributed by atoms with Crippen molar-refractivity contribution in [3.8, 4) is 11.1 Å². The Kier molecular flexibility index (Phi) is 7.25. The van der Waals surface area contributed by atoms with Crippen LogP contribution in [0.25, 0.3) is 11.1 Å². The van der Waals surface area contributed by atoms with Gasteiger partial charge >= 0.3 is 35.7 Å². The van der Waals surface area contributed by atoms with Crippen molar-refractivity contribution in [2.45, 2.75) is 12.3 Å². The summed E-state index contributed by atoms with van der Waals surface area (Å²) < 4.78 is 36.8. The van der Waals surface area contributed by atoms with Gasteiger partial charge in [0.25, 0.3) is 0 Å². The summed E-state index contributed by atoms with van der Waals surface area (Å²) in [4.78, 5) is 11.8. The molecule has 132 valence electrons. The van der Waals surface area contributed by atoms with Gasteiger partial charge in [0.2, 0.25) is 0 Å². The van der Waals surface area contributed by atoms with E-state index in [1.807, 2.05) is 36.4 Å². The summed E-state index contributed by atoms with van der Waals surface area (Å²) in [6.07, 6.45) is -0.555. The Morgan fingerprint density at radius 2 is 1.58 bits per heavy atom. The minimum atomic E-state index is -4.26. The van der Waals surface area contributed by atoms with Crippen molar-refractivity contribution in [3.05, 3.63) is 59.7 Å². The molecule has 1 aliphatic rings. The van der Waals surface area contributed by atoms with Gasteiger partial charge in [0, 0.05) is 18.2 Å². The fraction of sp³-hybridized carbons (Fsp3) is 0.278. The van der Waals surface area contributed by atoms with Crippen LogP contribution >= 0.6 is 0 Å². The van der Waals surface area contributed by atoms with Crippen molar-refractivity contribution < 1.29 is 52.1 Å². The molecular weight excluding hydrogens is 365 g/mol. The van der Waals surface area contributed by atoms with Crippen LogP contribution in [0.5, 0.6) is 0 Å². The van der Waals surface area contributed by atoms with Gasteiger partial charge in [-0.25, -0.2) is 13.2 Å². The average Bonchev–Trinajstić information content (AvgIpc) is 2.90. The van der Waals surface area contributed by atoms with Crippen LogP contribution in [-0.4, -0.2) is 38.0 Å². The number of benzene rings is 2. The first-order valence-corrected chi connectivity index (χ1v) is 9.56. The fourth-order valence-electron chi connectivity index (χ4n) is 3.09. The molecule has 0 atom stereocenters. The van der Waals surface area contributed by atoms with Crippen molar-refractivity contribution in [2.24, 2.45) is 0 Å². The molecule has 0 aliphatic heterocycles. The van der Waals surface area contributed by atoms with Crippen LogP contribution in [0.1, 0.15) is 23.5 Å². The van der Waals surface area contributed by atoms with E-state index < -0.39 is 22.0 Å². The predicted octanol–water partition coefficient (Wildman–Crippen LogP) is -0.536. The van der Waals surface area contributed by atoms with E-state index in [2.05, 4.69) is 17.4 Å². The summed E-state index contributed by atoms with van der Waals surface area (Å²) in [6, 6.07) is 16.0. The van der Waals surface area contributed by atoms with Gasteiger partial charge in [0.05, 0.1) is 10.1 Å². The Labute approximate surface area is 175 Å². The molecule has 1 N–H and O–H groups in total. The molecule has 0 heterocycles. The summed E-state index contributed by atoms with van der Waals surface area (Å²) in [5, 5.41) is 2.46. The van der Waals surface area contributed by atoms with E-state index >= 15 is 0 Å². The van der Waals surface area contributed by atoms with Crippen molar-refractivity contribution in [1.82, 2.24) is 5.32 Å². The van der Waals surface area contributed by atoms with Gasteiger partial charge in [-0.15, -0.1) is 0 Å². The predicted molar refractivity (Wildman–Crippen MR) is 92.3 cm³/mol. The van der Waals surface area contributed by atoms with Crippen LogP contribution in [0.3, 0.4) is 0 Å². The molecule has 3 rings (SSSR count). The first-order valence-electron chi connectivity index (χ1n) is 7.98. The minimum absolute atomic E-state index is 0. The third-order valence-corrected chi connectivity index (χ3v) is 4.97. The second-order valence-electron chi connectivity index (χ2n) is 5.87. The molecule has 6 nitrogen and oxygen atoms in total. The van der Waals surface area contributed by atoms with Crippen molar-refractivity contribution in [3.63, 3.8) is 0 Å². The topological polar surface area (TPSA) is 95.5 Å². The molecule has 0 radical (unpaired) electrons. The molecule has 2 aromatic carbocycles. The molecule has 0 aromatic heterocycles. The average molecular weight is 383 g/mol. The molecule has 0 saturated heterocycles. The first-order chi connectivity index (χ1) is 12.0. The molecule has 0 spiro atoms. The van der Waals surface area contributed by atoms with Gasteiger partial charge in [-0.1, -0.05) is 48.5 Å². The first kappa shape index (κ1) is 20.9. The van der Waals surface area contributed by atoms with E-state index in [0.717, 1.165) is 22.3 Å². The molecule has 8 heteroatoms. The molecule has 0 bridgehead atoms. The smallest absolute Gasteiger partial charge is 0.748 e. The maximum atomic E-state index is 11.8. The maximum Gasteiger partial charge on any atom is 1.00 e. The van der Waals surface area contributed by atoms with Crippen LogP contribution in [-0.2, 0) is 14.9 Å². The summed E-state index contributed by atoms with van der Waals surface area (Å²) in [6.45, 7) is 0.276. The monoisotopic (exact) mass is 383 g/mol. The molecule has 0 fully saturated rings. The Balaban J connectivity index is 0.00000243. The molecule has 26 heavy (non-hydrogen) atoms. The number of nitrogens with one attached hydrogen (secondary N) is 1. The quantitative estimate of drug-likeness (QED) is 0.411. The Morgan fingerprint density at radius 1 is 1.04 bits per heavy atom. The minimum Gasteiger partial charge on any atom is -0.748 e. The summed E-state index contributed by atoms with van der Waals surface area (Å²) in [5.74, 6) is -0.531. The molecule has 2 aromatic rings. The summed E-state index contributed by atoms with van der Waals surface area (Å²) in [7, 11) is -4.26. The van der Waals surface area contributed by atoms with Gasteiger partial charge < -0.3 is 14.6 Å². The van der Waals surface area contributed by atoms with Gasteiger partial charge in [-0.05, 0) is 28.7 Å². The van der Waals surface area contributed by atoms with E-state index in [4.69, 9.17) is 4.74 Å². The van der Waals surface area contributed by atoms with E-state index in [1.54, 1.807) is 0 Å². The van der Waals surface area contributed by atoms with Gasteiger partial charge in [-0.2, -0.15) is 0 Å². The maximum absolute atomic E-state index is 11.8. The van der Waals surface area contributed by atoms with Crippen LogP contribution in [0.4, 0.5) is 4.79 Å². The second-order valence-corrected chi connectivity index (χ2v) is 7.39. The van der Waals surface area contributed by atoms with Crippen molar-refractivity contribution in [1.29, 1.82) is 0 Å². The Bertz CT molecular complexity index is 839. The standard InChI is InChI=1S/C18H19NO5S.Na/c20-18(19-10-5-11-25(21,22)23)24-12-17-15-8-3-1-6-13(15)14-7-2-4-9-16(14)17;/h1-4,6-9,17H,5,10-12H2,(H,19,20)(H,21,22,23);/q;+1/p-1. The number of rotatable bonds is 6. The van der Waals surface area contributed by atoms with E-state index in [-0.39, 0.29) is 55.0 Å². The zero-order valence-corrected chi connectivity index (χ0v) is 17.3. The normalized spacial score (nSPS) is 12.7. The number of fused-ring (bicyclic) bond motifs is 3. The third-order valence-electron chi connectivity index (χ3n) is 4.18. The molecule has 0 saturated carbocycles. The van der Waals surface area contributed by atoms with Gasteiger partial charge in [0.1, 0.15) is 6.61 Å². The van der Waals surface area contributed by atoms with E-state index in [9.17, 15) is 17.8 Å². The van der Waals surface area contributed by atoms with Crippen molar-refractivity contribution >= 4 is 16.2 Å². The van der Waals surface area contributed by atoms with Gasteiger partial charge in [-0.3, -0.25) is 0 Å². The summed E-state index contributed by atoms with van der Waals surface area (Å²) in [5.41, 5.74) is 4.53. The number of amides is 1. The van der Waals surface area contributed by atoms with Crippen LogP contribution in [0.2, 0.25) is 0 Å². The van der Waals surface area contributed by atoms with E-state index in [1.165, 1.54) is 0 Å².